The molecule has 2 aliphatic rings. The Morgan fingerprint density at radius 1 is 0.969 bits per heavy atom. The third-order valence-electron chi connectivity index (χ3n) is 8.63. The first-order valence-corrected chi connectivity index (χ1v) is 12.9. The molecule has 0 radical (unpaired) electrons. The largest absolute Gasteiger partial charge is 0.315 e. The number of hydrogen-bond donors (Lipinski definition) is 2. The van der Waals surface area contributed by atoms with E-state index in [1.165, 1.54) is 48.8 Å². The van der Waals surface area contributed by atoms with E-state index in [2.05, 4.69) is 87.7 Å². The third kappa shape index (κ3) is 4.82. The van der Waals surface area contributed by atoms with Crippen molar-refractivity contribution in [3.8, 4) is 0 Å². The molecule has 0 bridgehead atoms. The first-order valence-electron chi connectivity index (χ1n) is 12.9. The van der Waals surface area contributed by atoms with E-state index in [0.717, 1.165) is 32.1 Å². The highest BCUT2D eigenvalue weighted by molar-refractivity contribution is 5.42. The Morgan fingerprint density at radius 3 is 2.47 bits per heavy atom. The molecule has 1 saturated carbocycles. The maximum absolute atomic E-state index is 3.83. The molecular weight excluding hydrogens is 388 g/mol. The maximum atomic E-state index is 3.83. The van der Waals surface area contributed by atoms with Gasteiger partial charge in [-0.25, -0.2) is 0 Å². The second-order valence-corrected chi connectivity index (χ2v) is 11.4. The predicted octanol–water partition coefficient (Wildman–Crippen LogP) is 6.51. The molecule has 2 aromatic carbocycles. The maximum Gasteiger partial charge on any atom is 0.0206 e. The molecule has 0 unspecified atom stereocenters. The monoisotopic (exact) mass is 432 g/mol. The number of aryl methyl sites for hydroxylation is 2. The summed E-state index contributed by atoms with van der Waals surface area (Å²) in [6, 6.07) is 16.3. The van der Waals surface area contributed by atoms with Crippen molar-refractivity contribution in [1.29, 1.82) is 0 Å². The number of hydrogen-bond acceptors (Lipinski definition) is 2. The molecule has 0 aliphatic heterocycles. The number of fused-ring (bicyclic) bond motifs is 3. The molecule has 3 atom stereocenters. The first-order chi connectivity index (χ1) is 15.3. The number of benzene rings is 2. The van der Waals surface area contributed by atoms with E-state index in [9.17, 15) is 0 Å². The normalized spacial score (nSPS) is 27.2. The van der Waals surface area contributed by atoms with Gasteiger partial charge in [-0.3, -0.25) is 0 Å². The first kappa shape index (κ1) is 23.5. The van der Waals surface area contributed by atoms with Gasteiger partial charge in [0.25, 0.3) is 0 Å². The molecule has 2 heteroatoms. The third-order valence-corrected chi connectivity index (χ3v) is 8.63. The van der Waals surface area contributed by atoms with Crippen LogP contribution in [-0.4, -0.2) is 19.6 Å². The van der Waals surface area contributed by atoms with Gasteiger partial charge in [-0.2, -0.15) is 0 Å². The Kier molecular flexibility index (Phi) is 7.12. The molecule has 2 N–H and O–H groups in total. The van der Waals surface area contributed by atoms with Crippen LogP contribution >= 0.6 is 0 Å². The zero-order chi connectivity index (χ0) is 22.8. The molecular formula is C30H44N2. The lowest BCUT2D eigenvalue weighted by atomic mass is 9.49. The molecule has 2 aromatic rings. The number of nitrogens with one attached hydrogen (secondary N) is 2. The minimum absolute atomic E-state index is 0.335. The standard InChI is InChI=1S/C30H44N2/c1-22(2)25-11-13-27-26(19-25)12-14-28-29(4,15-6-16-30(27,28)5)21-32-18-17-31-20-24-9-7-23(3)8-10-24/h7-11,13,19,22,28,31-32H,6,12,14-18,20-21H2,1-5H3/t28-,29-,30+/m0/s1. The van der Waals surface area contributed by atoms with Crippen molar-refractivity contribution in [2.75, 3.05) is 19.6 Å². The Labute approximate surface area is 196 Å². The highest BCUT2D eigenvalue weighted by atomic mass is 14.9. The van der Waals surface area contributed by atoms with Gasteiger partial charge in [-0.05, 0) is 77.5 Å². The van der Waals surface area contributed by atoms with Crippen molar-refractivity contribution < 1.29 is 0 Å². The molecule has 0 amide bonds. The summed E-state index contributed by atoms with van der Waals surface area (Å²) in [5.74, 6) is 1.39. The van der Waals surface area contributed by atoms with Crippen LogP contribution in [0.5, 0.6) is 0 Å². The topological polar surface area (TPSA) is 24.1 Å². The van der Waals surface area contributed by atoms with Crippen molar-refractivity contribution in [2.24, 2.45) is 11.3 Å². The van der Waals surface area contributed by atoms with Crippen molar-refractivity contribution in [1.82, 2.24) is 10.6 Å². The molecule has 2 nitrogen and oxygen atoms in total. The van der Waals surface area contributed by atoms with Gasteiger partial charge in [0.2, 0.25) is 0 Å². The van der Waals surface area contributed by atoms with Crippen LogP contribution in [0.2, 0.25) is 0 Å². The second-order valence-electron chi connectivity index (χ2n) is 11.4. The number of rotatable bonds is 8. The van der Waals surface area contributed by atoms with Gasteiger partial charge in [-0.1, -0.05) is 82.1 Å². The fraction of sp³-hybridized carbons (Fsp3) is 0.600. The Hall–Kier alpha value is -1.64. The van der Waals surface area contributed by atoms with E-state index in [4.69, 9.17) is 0 Å². The van der Waals surface area contributed by atoms with E-state index in [1.807, 2.05) is 0 Å². The Bertz CT molecular complexity index is 900. The van der Waals surface area contributed by atoms with Gasteiger partial charge in [-0.15, -0.1) is 0 Å². The van der Waals surface area contributed by atoms with E-state index >= 15 is 0 Å². The summed E-state index contributed by atoms with van der Waals surface area (Å²) in [5, 5.41) is 7.43. The van der Waals surface area contributed by atoms with Gasteiger partial charge >= 0.3 is 0 Å². The van der Waals surface area contributed by atoms with Crippen LogP contribution in [0.1, 0.15) is 87.1 Å². The lowest BCUT2D eigenvalue weighted by molar-refractivity contribution is 0.0261. The van der Waals surface area contributed by atoms with Crippen LogP contribution in [0.3, 0.4) is 0 Å². The fourth-order valence-corrected chi connectivity index (χ4v) is 6.70. The molecule has 2 aliphatic carbocycles. The van der Waals surface area contributed by atoms with Gasteiger partial charge in [0, 0.05) is 26.2 Å². The van der Waals surface area contributed by atoms with Crippen molar-refractivity contribution in [2.45, 2.75) is 84.6 Å². The average molecular weight is 433 g/mol. The van der Waals surface area contributed by atoms with Crippen LogP contribution in [-0.2, 0) is 18.4 Å². The van der Waals surface area contributed by atoms with E-state index in [0.29, 0.717) is 16.7 Å². The molecule has 0 spiro atoms. The lowest BCUT2D eigenvalue weighted by Gasteiger charge is -2.55. The molecule has 0 aromatic heterocycles. The van der Waals surface area contributed by atoms with Gasteiger partial charge in [0.05, 0.1) is 0 Å². The average Bonchev–Trinajstić information content (AvgIpc) is 2.77. The molecule has 32 heavy (non-hydrogen) atoms. The van der Waals surface area contributed by atoms with Crippen LogP contribution in [0.4, 0.5) is 0 Å². The lowest BCUT2D eigenvalue weighted by Crippen LogP contribution is -2.53. The molecule has 0 saturated heterocycles. The minimum Gasteiger partial charge on any atom is -0.315 e. The minimum atomic E-state index is 0.335. The van der Waals surface area contributed by atoms with Gasteiger partial charge < -0.3 is 10.6 Å². The predicted molar refractivity (Wildman–Crippen MR) is 137 cm³/mol. The van der Waals surface area contributed by atoms with Crippen LogP contribution in [0.25, 0.3) is 0 Å². The van der Waals surface area contributed by atoms with Crippen LogP contribution < -0.4 is 10.6 Å². The van der Waals surface area contributed by atoms with Crippen molar-refractivity contribution in [3.63, 3.8) is 0 Å². The highest BCUT2D eigenvalue weighted by Crippen LogP contribution is 2.57. The quantitative estimate of drug-likeness (QED) is 0.465. The summed E-state index contributed by atoms with van der Waals surface area (Å²) >= 11 is 0. The molecule has 0 heterocycles. The Morgan fingerprint density at radius 2 is 1.72 bits per heavy atom. The van der Waals surface area contributed by atoms with E-state index < -0.39 is 0 Å². The highest BCUT2D eigenvalue weighted by Gasteiger charge is 2.51. The SMILES string of the molecule is Cc1ccc(CNCCNC[C@]2(C)CCC[C@]3(C)c4ccc(C(C)C)cc4CC[C@@H]23)cc1. The van der Waals surface area contributed by atoms with Gasteiger partial charge in [0.15, 0.2) is 0 Å². The summed E-state index contributed by atoms with van der Waals surface area (Å²) < 4.78 is 0. The smallest absolute Gasteiger partial charge is 0.0206 e. The molecule has 174 valence electrons. The van der Waals surface area contributed by atoms with Gasteiger partial charge in [0.1, 0.15) is 0 Å². The van der Waals surface area contributed by atoms with Crippen molar-refractivity contribution in [3.05, 3.63) is 70.3 Å². The fourth-order valence-electron chi connectivity index (χ4n) is 6.70. The summed E-state index contributed by atoms with van der Waals surface area (Å²) in [7, 11) is 0. The zero-order valence-corrected chi connectivity index (χ0v) is 21.1. The molecule has 1 fully saturated rings. The van der Waals surface area contributed by atoms with Crippen LogP contribution in [0.15, 0.2) is 42.5 Å². The summed E-state index contributed by atoms with van der Waals surface area (Å²) in [6.45, 7) is 16.1. The van der Waals surface area contributed by atoms with Crippen molar-refractivity contribution >= 4 is 0 Å². The van der Waals surface area contributed by atoms with E-state index in [-0.39, 0.29) is 0 Å². The summed E-state index contributed by atoms with van der Waals surface area (Å²) in [4.78, 5) is 0. The Balaban J connectivity index is 1.34. The zero-order valence-electron chi connectivity index (χ0n) is 21.1. The second kappa shape index (κ2) is 9.69. The summed E-state index contributed by atoms with van der Waals surface area (Å²) in [5.41, 5.74) is 8.21. The summed E-state index contributed by atoms with van der Waals surface area (Å²) in [6.07, 6.45) is 6.65. The van der Waals surface area contributed by atoms with E-state index in [1.54, 1.807) is 11.1 Å². The van der Waals surface area contributed by atoms with Crippen LogP contribution in [0, 0.1) is 18.3 Å². The molecule has 4 rings (SSSR count).